The van der Waals surface area contributed by atoms with Gasteiger partial charge in [0, 0.05) is 22.0 Å². The number of H-pyrrole nitrogens is 1. The molecule has 20 heavy (non-hydrogen) atoms. The lowest BCUT2D eigenvalue weighted by atomic mass is 10.1. The Morgan fingerprint density at radius 3 is 2.90 bits per heavy atom. The van der Waals surface area contributed by atoms with Crippen molar-refractivity contribution in [2.75, 3.05) is 0 Å². The minimum atomic E-state index is -0.166. The van der Waals surface area contributed by atoms with Gasteiger partial charge in [0.05, 0.1) is 0 Å². The second-order valence-electron chi connectivity index (χ2n) is 4.54. The third-order valence-electron chi connectivity index (χ3n) is 2.84. The molecule has 2 aromatic rings. The molecule has 5 nitrogen and oxygen atoms in total. The highest BCUT2D eigenvalue weighted by Crippen LogP contribution is 2.31. The number of nitrogens with two attached hydrogens (primary N) is 1. The summed E-state index contributed by atoms with van der Waals surface area (Å²) in [7, 11) is 0. The molecule has 0 radical (unpaired) electrons. The zero-order chi connectivity index (χ0) is 14.7. The molecule has 1 atom stereocenters. The van der Waals surface area contributed by atoms with Crippen molar-refractivity contribution in [1.29, 1.82) is 0 Å². The molecule has 3 N–H and O–H groups in total. The summed E-state index contributed by atoms with van der Waals surface area (Å²) in [6, 6.07) is 5.96. The summed E-state index contributed by atoms with van der Waals surface area (Å²) in [4.78, 5) is 12.6. The van der Waals surface area contributed by atoms with Crippen molar-refractivity contribution < 1.29 is 0 Å². The summed E-state index contributed by atoms with van der Waals surface area (Å²) in [5.41, 5.74) is 6.78. The van der Waals surface area contributed by atoms with Crippen LogP contribution in [0.15, 0.2) is 37.5 Å². The SMILES string of the molecule is CCCn1c(Sc2ccc([C@@H](C)N)c(Br)c2)n[nH]c1=O. The molecule has 0 aliphatic heterocycles. The van der Waals surface area contributed by atoms with E-state index in [-0.39, 0.29) is 11.7 Å². The Morgan fingerprint density at radius 1 is 1.55 bits per heavy atom. The van der Waals surface area contributed by atoms with Gasteiger partial charge < -0.3 is 5.73 Å². The van der Waals surface area contributed by atoms with E-state index in [4.69, 9.17) is 5.73 Å². The van der Waals surface area contributed by atoms with Gasteiger partial charge in [0.2, 0.25) is 0 Å². The fraction of sp³-hybridized carbons (Fsp3) is 0.385. The number of halogens is 1. The van der Waals surface area contributed by atoms with Crippen molar-refractivity contribution in [2.45, 2.75) is 42.9 Å². The van der Waals surface area contributed by atoms with E-state index in [2.05, 4.69) is 26.1 Å². The molecule has 1 aromatic heterocycles. The fourth-order valence-corrected chi connectivity index (χ4v) is 3.64. The Balaban J connectivity index is 2.27. The van der Waals surface area contributed by atoms with Gasteiger partial charge in [0.1, 0.15) is 0 Å². The lowest BCUT2D eigenvalue weighted by Crippen LogP contribution is -2.17. The van der Waals surface area contributed by atoms with Gasteiger partial charge in [-0.25, -0.2) is 9.89 Å². The molecule has 0 aliphatic carbocycles. The van der Waals surface area contributed by atoms with Gasteiger partial charge in [-0.15, -0.1) is 5.10 Å². The highest BCUT2D eigenvalue weighted by molar-refractivity contribution is 9.10. The van der Waals surface area contributed by atoms with E-state index in [0.717, 1.165) is 21.4 Å². The zero-order valence-electron chi connectivity index (χ0n) is 11.4. The molecule has 1 aromatic carbocycles. The number of nitrogens with one attached hydrogen (secondary N) is 1. The average Bonchev–Trinajstić information content (AvgIpc) is 2.72. The van der Waals surface area contributed by atoms with Crippen LogP contribution in [0.2, 0.25) is 0 Å². The number of aromatic nitrogens is 3. The highest BCUT2D eigenvalue weighted by atomic mass is 79.9. The Kier molecular flexibility index (Phi) is 5.06. The fourth-order valence-electron chi connectivity index (χ4n) is 1.85. The van der Waals surface area contributed by atoms with Crippen LogP contribution in [0.1, 0.15) is 31.9 Å². The molecule has 1 heterocycles. The summed E-state index contributed by atoms with van der Waals surface area (Å²) in [5.74, 6) is 0. The Labute approximate surface area is 130 Å². The van der Waals surface area contributed by atoms with Crippen LogP contribution in [0.4, 0.5) is 0 Å². The molecule has 0 fully saturated rings. The maximum Gasteiger partial charge on any atom is 0.343 e. The number of benzene rings is 1. The van der Waals surface area contributed by atoms with Crippen LogP contribution in [-0.2, 0) is 6.54 Å². The van der Waals surface area contributed by atoms with Crippen molar-refractivity contribution >= 4 is 27.7 Å². The van der Waals surface area contributed by atoms with Gasteiger partial charge in [0.25, 0.3) is 0 Å². The number of aromatic amines is 1. The van der Waals surface area contributed by atoms with E-state index < -0.39 is 0 Å². The third kappa shape index (κ3) is 3.34. The summed E-state index contributed by atoms with van der Waals surface area (Å²) in [5, 5.41) is 7.23. The Hall–Kier alpha value is -1.05. The molecule has 0 spiro atoms. The first-order valence-corrected chi connectivity index (χ1v) is 8.02. The monoisotopic (exact) mass is 356 g/mol. The second-order valence-corrected chi connectivity index (χ2v) is 6.43. The van der Waals surface area contributed by atoms with Crippen molar-refractivity contribution in [3.8, 4) is 0 Å². The molecular formula is C13H17BrN4OS. The van der Waals surface area contributed by atoms with Crippen LogP contribution in [0, 0.1) is 0 Å². The standard InChI is InChI=1S/C13H17BrN4OS/c1-3-6-18-12(19)16-17-13(18)20-9-4-5-10(8(2)15)11(14)7-9/h4-5,7-8H,3,6,15H2,1-2H3,(H,16,19)/t8-/m1/s1. The second kappa shape index (κ2) is 6.60. The lowest BCUT2D eigenvalue weighted by Gasteiger charge is -2.10. The summed E-state index contributed by atoms with van der Waals surface area (Å²) < 4.78 is 2.62. The Morgan fingerprint density at radius 2 is 2.30 bits per heavy atom. The normalized spacial score (nSPS) is 12.6. The van der Waals surface area contributed by atoms with Crippen molar-refractivity contribution in [1.82, 2.24) is 14.8 Å². The number of nitrogens with zero attached hydrogens (tertiary/aromatic N) is 2. The topological polar surface area (TPSA) is 76.7 Å². The van der Waals surface area contributed by atoms with Gasteiger partial charge in [-0.3, -0.25) is 4.57 Å². The van der Waals surface area contributed by atoms with Gasteiger partial charge in [0.15, 0.2) is 5.16 Å². The number of rotatable bonds is 5. The van der Waals surface area contributed by atoms with Gasteiger partial charge in [-0.05, 0) is 42.8 Å². The van der Waals surface area contributed by atoms with E-state index in [0.29, 0.717) is 11.7 Å². The minimum Gasteiger partial charge on any atom is -0.324 e. The van der Waals surface area contributed by atoms with E-state index in [1.165, 1.54) is 11.8 Å². The molecule has 0 saturated heterocycles. The van der Waals surface area contributed by atoms with E-state index in [9.17, 15) is 4.79 Å². The number of hydrogen-bond acceptors (Lipinski definition) is 4. The molecule has 0 amide bonds. The van der Waals surface area contributed by atoms with Crippen molar-refractivity contribution in [2.24, 2.45) is 5.73 Å². The molecule has 2 rings (SSSR count). The van der Waals surface area contributed by atoms with Gasteiger partial charge >= 0.3 is 5.69 Å². The Bertz CT molecular complexity index is 650. The van der Waals surface area contributed by atoms with E-state index >= 15 is 0 Å². The van der Waals surface area contributed by atoms with E-state index in [1.54, 1.807) is 4.57 Å². The lowest BCUT2D eigenvalue weighted by molar-refractivity contribution is 0.604. The average molecular weight is 357 g/mol. The highest BCUT2D eigenvalue weighted by Gasteiger charge is 2.11. The minimum absolute atomic E-state index is 0.0212. The first-order chi connectivity index (χ1) is 9.52. The van der Waals surface area contributed by atoms with Gasteiger partial charge in [-0.1, -0.05) is 28.9 Å². The quantitative estimate of drug-likeness (QED) is 0.863. The van der Waals surface area contributed by atoms with Crippen LogP contribution in [0.5, 0.6) is 0 Å². The van der Waals surface area contributed by atoms with Crippen LogP contribution in [0.3, 0.4) is 0 Å². The first-order valence-electron chi connectivity index (χ1n) is 6.41. The molecule has 0 saturated carbocycles. The van der Waals surface area contributed by atoms with Gasteiger partial charge in [-0.2, -0.15) is 0 Å². The van der Waals surface area contributed by atoms with Crippen molar-refractivity contribution in [3.05, 3.63) is 38.7 Å². The zero-order valence-corrected chi connectivity index (χ0v) is 13.8. The predicted molar refractivity (Wildman–Crippen MR) is 84.0 cm³/mol. The summed E-state index contributed by atoms with van der Waals surface area (Å²) >= 11 is 4.98. The van der Waals surface area contributed by atoms with Crippen LogP contribution in [-0.4, -0.2) is 14.8 Å². The summed E-state index contributed by atoms with van der Waals surface area (Å²) in [6.45, 7) is 4.64. The maximum atomic E-state index is 11.6. The third-order valence-corrected chi connectivity index (χ3v) is 4.51. The molecule has 108 valence electrons. The number of hydrogen-bond donors (Lipinski definition) is 2. The van der Waals surface area contributed by atoms with Crippen LogP contribution >= 0.6 is 27.7 Å². The smallest absolute Gasteiger partial charge is 0.324 e. The largest absolute Gasteiger partial charge is 0.343 e. The maximum absolute atomic E-state index is 11.6. The molecule has 0 aliphatic rings. The van der Waals surface area contributed by atoms with Crippen LogP contribution < -0.4 is 11.4 Å². The van der Waals surface area contributed by atoms with E-state index in [1.807, 2.05) is 32.0 Å². The summed E-state index contributed by atoms with van der Waals surface area (Å²) in [6.07, 6.45) is 0.889. The molecule has 7 heteroatoms. The predicted octanol–water partition coefficient (Wildman–Crippen LogP) is 2.91. The molecular weight excluding hydrogens is 340 g/mol. The first kappa shape index (κ1) is 15.3. The van der Waals surface area contributed by atoms with Crippen molar-refractivity contribution in [3.63, 3.8) is 0 Å². The van der Waals surface area contributed by atoms with Crippen LogP contribution in [0.25, 0.3) is 0 Å². The molecule has 0 bridgehead atoms. The molecule has 0 unspecified atom stereocenters.